The average Bonchev–Trinajstić information content (AvgIpc) is 3.18. The zero-order valence-electron chi connectivity index (χ0n) is 33.7. The lowest BCUT2D eigenvalue weighted by molar-refractivity contribution is -0.141. The van der Waals surface area contributed by atoms with Gasteiger partial charge in [0.1, 0.15) is 36.3 Å². The Kier molecular flexibility index (Phi) is 27.6. The summed E-state index contributed by atoms with van der Waals surface area (Å²) in [5, 5.41) is 23.9. The monoisotopic (exact) mass is 906 g/mol. The highest BCUT2D eigenvalue weighted by Crippen LogP contribution is 2.08. The number of guanidine groups is 2. The third-order valence-electron chi connectivity index (χ3n) is 8.42. The van der Waals surface area contributed by atoms with Crippen molar-refractivity contribution in [2.75, 3.05) is 31.1 Å². The van der Waals surface area contributed by atoms with Crippen LogP contribution < -0.4 is 77.8 Å². The molecule has 346 valence electrons. The zero-order valence-corrected chi connectivity index (χ0v) is 35.5. The molecule has 26 nitrogen and oxygen atoms in total. The lowest BCUT2D eigenvalue weighted by atomic mass is 10.0. The topological polar surface area (TPSA) is 479 Å². The van der Waals surface area contributed by atoms with Gasteiger partial charge in [-0.2, -0.15) is 25.3 Å². The first kappa shape index (κ1) is 55.4. The van der Waals surface area contributed by atoms with Gasteiger partial charge < -0.3 is 82.9 Å². The van der Waals surface area contributed by atoms with E-state index in [1.165, 1.54) is 0 Å². The van der Waals surface area contributed by atoms with Gasteiger partial charge in [-0.05, 0) is 57.9 Å². The highest BCUT2D eigenvalue weighted by atomic mass is 32.1. The molecule has 0 saturated carbocycles. The molecule has 0 aliphatic rings. The van der Waals surface area contributed by atoms with Crippen molar-refractivity contribution in [1.29, 1.82) is 0 Å². The van der Waals surface area contributed by atoms with Crippen LogP contribution >= 0.6 is 25.3 Å². The second-order valence-electron chi connectivity index (χ2n) is 13.5. The molecule has 0 fully saturated rings. The van der Waals surface area contributed by atoms with E-state index in [0.717, 1.165) is 0 Å². The maximum Gasteiger partial charge on any atom is 0.327 e. The molecule has 0 aromatic rings. The Morgan fingerprint density at radius 2 is 0.852 bits per heavy atom. The van der Waals surface area contributed by atoms with E-state index in [1.807, 2.05) is 0 Å². The van der Waals surface area contributed by atoms with Crippen molar-refractivity contribution >= 4 is 90.4 Å². The Labute approximate surface area is 363 Å². The first-order valence-corrected chi connectivity index (χ1v) is 20.3. The number of carbonyl (C=O) groups is 9. The fourth-order valence-electron chi connectivity index (χ4n) is 5.19. The number of nitrogens with zero attached hydrogens (tertiary/aromatic N) is 2. The van der Waals surface area contributed by atoms with Gasteiger partial charge in [0.15, 0.2) is 11.9 Å². The number of unbranched alkanes of at least 4 members (excludes halogenated alkanes) is 1. The van der Waals surface area contributed by atoms with Gasteiger partial charge in [0, 0.05) is 31.0 Å². The molecule has 0 spiro atoms. The summed E-state index contributed by atoms with van der Waals surface area (Å²) in [4.78, 5) is 123. The molecule has 8 amide bonds. The summed E-state index contributed by atoms with van der Waals surface area (Å²) in [7, 11) is 0. The molecular formula is C33H62N16O10S2. The maximum absolute atomic E-state index is 13.9. The van der Waals surface area contributed by atoms with Gasteiger partial charge in [0.2, 0.25) is 47.3 Å². The number of thiol groups is 2. The fraction of sp³-hybridized carbons (Fsp3) is 0.667. The minimum atomic E-state index is -1.48. The largest absolute Gasteiger partial charge is 0.480 e. The number of carboxylic acids is 1. The predicted molar refractivity (Wildman–Crippen MR) is 230 cm³/mol. The van der Waals surface area contributed by atoms with Crippen molar-refractivity contribution in [3.05, 3.63) is 0 Å². The molecule has 0 unspecified atom stereocenters. The third-order valence-corrected chi connectivity index (χ3v) is 9.15. The predicted octanol–water partition coefficient (Wildman–Crippen LogP) is -7.46. The molecule has 0 bridgehead atoms. The van der Waals surface area contributed by atoms with Gasteiger partial charge >= 0.3 is 5.97 Å². The number of carbonyl (C=O) groups excluding carboxylic acids is 8. The molecule has 0 radical (unpaired) electrons. The van der Waals surface area contributed by atoms with Crippen LogP contribution in [0.1, 0.15) is 64.2 Å². The molecule has 0 aromatic carbocycles. The molecule has 0 aromatic heterocycles. The number of nitrogens with two attached hydrogens (primary N) is 8. The first-order valence-electron chi connectivity index (χ1n) is 19.1. The second-order valence-corrected chi connectivity index (χ2v) is 14.3. The van der Waals surface area contributed by atoms with Crippen molar-refractivity contribution in [3.63, 3.8) is 0 Å². The van der Waals surface area contributed by atoms with E-state index in [1.54, 1.807) is 0 Å². The van der Waals surface area contributed by atoms with E-state index >= 15 is 0 Å². The number of rotatable bonds is 32. The molecule has 0 saturated heterocycles. The van der Waals surface area contributed by atoms with E-state index in [0.29, 0.717) is 12.8 Å². The number of nitrogens with one attached hydrogen (secondary N) is 6. The SMILES string of the molecule is NCCCC[C@H](NC(=O)[C@@H](N)CC(N)=O)C(=O)N[C@@H](CCCN=C(N)N)C(=O)N[C@@H](CCCN=C(N)N)C(=O)N[C@@H](CS)C(=O)N[C@@H](CCC(N)=O)C(=O)N[C@@H](CS)C(=O)O. The lowest BCUT2D eigenvalue weighted by Gasteiger charge is -2.27. The van der Waals surface area contributed by atoms with Crippen LogP contribution in [0.3, 0.4) is 0 Å². The second kappa shape index (κ2) is 30.4. The van der Waals surface area contributed by atoms with E-state index in [9.17, 15) is 48.3 Å². The summed E-state index contributed by atoms with van der Waals surface area (Å²) >= 11 is 8.05. The number of carboxylic acid groups (broad SMARTS) is 1. The smallest absolute Gasteiger partial charge is 0.327 e. The minimum Gasteiger partial charge on any atom is -0.480 e. The molecule has 0 aliphatic carbocycles. The van der Waals surface area contributed by atoms with Gasteiger partial charge in [0.05, 0.1) is 12.5 Å². The van der Waals surface area contributed by atoms with Crippen LogP contribution in [0.2, 0.25) is 0 Å². The van der Waals surface area contributed by atoms with Crippen LogP contribution in [-0.4, -0.2) is 144 Å². The summed E-state index contributed by atoms with van der Waals surface area (Å²) in [5.74, 6) is -9.66. The quantitative estimate of drug-likeness (QED) is 0.0129. The normalized spacial score (nSPS) is 14.2. The third kappa shape index (κ3) is 24.3. The first-order chi connectivity index (χ1) is 28.7. The number of aliphatic carboxylic acids is 1. The summed E-state index contributed by atoms with van der Waals surface area (Å²) in [5.41, 5.74) is 43.5. The molecule has 0 aliphatic heterocycles. The Balaban J connectivity index is 6.56. The van der Waals surface area contributed by atoms with Crippen LogP contribution in [0.25, 0.3) is 0 Å². The molecule has 0 rings (SSSR count). The molecule has 7 atom stereocenters. The fourth-order valence-corrected chi connectivity index (χ4v) is 5.70. The van der Waals surface area contributed by atoms with Gasteiger partial charge in [-0.3, -0.25) is 48.3 Å². The number of hydrogen-bond donors (Lipinski definition) is 17. The summed E-state index contributed by atoms with van der Waals surface area (Å²) in [6.45, 7) is 0.321. The van der Waals surface area contributed by atoms with E-state index in [2.05, 4.69) is 67.1 Å². The maximum atomic E-state index is 13.9. The van der Waals surface area contributed by atoms with Crippen LogP contribution in [0.4, 0.5) is 0 Å². The number of amides is 8. The lowest BCUT2D eigenvalue weighted by Crippen LogP contribution is -2.60. The van der Waals surface area contributed by atoms with Crippen molar-refractivity contribution in [3.8, 4) is 0 Å². The minimum absolute atomic E-state index is 0.0134. The van der Waals surface area contributed by atoms with Crippen LogP contribution in [0.5, 0.6) is 0 Å². The Bertz CT molecular complexity index is 1560. The summed E-state index contributed by atoms with van der Waals surface area (Å²) < 4.78 is 0. The van der Waals surface area contributed by atoms with Gasteiger partial charge in [-0.15, -0.1) is 0 Å². The summed E-state index contributed by atoms with van der Waals surface area (Å²) in [6.07, 6.45) is -0.284. The van der Waals surface area contributed by atoms with Crippen LogP contribution in [-0.2, 0) is 43.2 Å². The van der Waals surface area contributed by atoms with Gasteiger partial charge in [0.25, 0.3) is 0 Å². The number of aliphatic imine (C=N–C) groups is 2. The van der Waals surface area contributed by atoms with E-state index in [-0.39, 0.29) is 88.0 Å². The molecule has 28 heteroatoms. The van der Waals surface area contributed by atoms with E-state index < -0.39 is 102 Å². The molecule has 0 heterocycles. The highest BCUT2D eigenvalue weighted by Gasteiger charge is 2.33. The average molecular weight is 907 g/mol. The molecular weight excluding hydrogens is 845 g/mol. The standard InChI is InChI=1S/C33H62N16O10S2/c34-10-2-1-5-17(44-25(52)16(35)13-24(37)51)26(53)45-18(6-3-11-42-32(38)39)27(54)46-19(7-4-12-43-33(40)41)28(55)48-21(14-60)30(57)47-20(8-9-23(36)50)29(56)49-22(15-61)31(58)59/h16-22,60-61H,1-15,34-35H2,(H2,36,50)(H2,37,51)(H,44,52)(H,45,53)(H,46,54)(H,47,57)(H,48,55)(H,49,56)(H,58,59)(H4,38,39,42)(H4,40,41,43)/t16-,17-,18-,19-,20-,21-,22-/m0/s1. The highest BCUT2D eigenvalue weighted by molar-refractivity contribution is 7.80. The number of primary amides is 2. The van der Waals surface area contributed by atoms with Crippen LogP contribution in [0, 0.1) is 0 Å². The summed E-state index contributed by atoms with van der Waals surface area (Å²) in [6, 6.07) is -9.80. The molecule has 23 N–H and O–H groups in total. The Morgan fingerprint density at radius 1 is 0.492 bits per heavy atom. The van der Waals surface area contributed by atoms with Gasteiger partial charge in [-0.1, -0.05) is 0 Å². The zero-order chi connectivity index (χ0) is 46.7. The van der Waals surface area contributed by atoms with Crippen molar-refractivity contribution < 1.29 is 48.3 Å². The number of hydrogen-bond acceptors (Lipinski definition) is 15. The van der Waals surface area contributed by atoms with Crippen molar-refractivity contribution in [1.82, 2.24) is 31.9 Å². The Hall–Kier alpha value is -5.61. The van der Waals surface area contributed by atoms with Crippen molar-refractivity contribution in [2.24, 2.45) is 55.9 Å². The molecule has 61 heavy (non-hydrogen) atoms. The Morgan fingerprint density at radius 3 is 1.21 bits per heavy atom. The van der Waals surface area contributed by atoms with E-state index in [4.69, 9.17) is 45.9 Å². The van der Waals surface area contributed by atoms with Gasteiger partial charge in [-0.25, -0.2) is 4.79 Å². The van der Waals surface area contributed by atoms with Crippen molar-refractivity contribution in [2.45, 2.75) is 107 Å². The van der Waals surface area contributed by atoms with Crippen LogP contribution in [0.15, 0.2) is 9.98 Å².